The molecule has 7 nitrogen and oxygen atoms in total. The van der Waals surface area contributed by atoms with Crippen molar-refractivity contribution in [1.82, 2.24) is 4.57 Å². The summed E-state index contributed by atoms with van der Waals surface area (Å²) in [6.07, 6.45) is -0.978. The molecule has 31 heavy (non-hydrogen) atoms. The minimum absolute atomic E-state index is 0.372. The van der Waals surface area contributed by atoms with E-state index in [0.717, 1.165) is 17.1 Å². The van der Waals surface area contributed by atoms with Crippen molar-refractivity contribution in [3.8, 4) is 17.2 Å². The Labute approximate surface area is 181 Å². The van der Waals surface area contributed by atoms with E-state index in [1.54, 1.807) is 30.3 Å². The first-order valence-electron chi connectivity index (χ1n) is 9.83. The van der Waals surface area contributed by atoms with Crippen LogP contribution in [-0.2, 0) is 9.53 Å². The molecular weight excluding hydrogens is 396 g/mol. The Kier molecular flexibility index (Phi) is 6.65. The summed E-state index contributed by atoms with van der Waals surface area (Å²) in [5.41, 5.74) is 4.04. The molecule has 0 saturated carbocycles. The van der Waals surface area contributed by atoms with E-state index in [1.807, 2.05) is 38.1 Å². The second-order valence-corrected chi connectivity index (χ2v) is 7.10. The number of anilines is 1. The molecule has 0 radical (unpaired) electrons. The van der Waals surface area contributed by atoms with Gasteiger partial charge in [0.1, 0.15) is 0 Å². The van der Waals surface area contributed by atoms with Crippen LogP contribution in [0.4, 0.5) is 5.69 Å². The maximum Gasteiger partial charge on any atom is 0.338 e. The molecule has 162 valence electrons. The van der Waals surface area contributed by atoms with Crippen molar-refractivity contribution in [3.05, 3.63) is 71.5 Å². The topological polar surface area (TPSA) is 78.8 Å². The van der Waals surface area contributed by atoms with E-state index in [1.165, 1.54) is 21.1 Å². The third-order valence-electron chi connectivity index (χ3n) is 4.94. The van der Waals surface area contributed by atoms with Gasteiger partial charge in [-0.1, -0.05) is 0 Å². The highest BCUT2D eigenvalue weighted by molar-refractivity contribution is 5.97. The molecular formula is C24H26N2O5. The van der Waals surface area contributed by atoms with Gasteiger partial charge in [-0.05, 0) is 69.3 Å². The molecule has 1 amide bonds. The number of aromatic nitrogens is 1. The van der Waals surface area contributed by atoms with Crippen LogP contribution < -0.4 is 14.8 Å². The van der Waals surface area contributed by atoms with Gasteiger partial charge in [-0.2, -0.15) is 0 Å². The zero-order chi connectivity index (χ0) is 22.5. The quantitative estimate of drug-likeness (QED) is 0.575. The number of amides is 1. The number of ether oxygens (including phenoxy) is 3. The Morgan fingerprint density at radius 3 is 2.06 bits per heavy atom. The van der Waals surface area contributed by atoms with Crippen molar-refractivity contribution in [2.24, 2.45) is 0 Å². The van der Waals surface area contributed by atoms with Crippen LogP contribution in [-0.4, -0.2) is 36.8 Å². The fourth-order valence-corrected chi connectivity index (χ4v) is 3.26. The highest BCUT2D eigenvalue weighted by Gasteiger charge is 2.20. The first-order chi connectivity index (χ1) is 14.8. The second-order valence-electron chi connectivity index (χ2n) is 7.10. The predicted molar refractivity (Wildman–Crippen MR) is 118 cm³/mol. The number of esters is 1. The fraction of sp³-hybridized carbons (Fsp3) is 0.250. The van der Waals surface area contributed by atoms with Gasteiger partial charge in [0.2, 0.25) is 0 Å². The van der Waals surface area contributed by atoms with E-state index in [9.17, 15) is 9.59 Å². The lowest BCUT2D eigenvalue weighted by Crippen LogP contribution is -2.30. The summed E-state index contributed by atoms with van der Waals surface area (Å²) in [4.78, 5) is 24.9. The molecule has 1 heterocycles. The summed E-state index contributed by atoms with van der Waals surface area (Å²) in [7, 11) is 3.04. The number of carbonyl (C=O) groups excluding carboxylic acids is 2. The normalized spacial score (nSPS) is 11.5. The van der Waals surface area contributed by atoms with Gasteiger partial charge in [0, 0.05) is 28.8 Å². The van der Waals surface area contributed by atoms with E-state index in [4.69, 9.17) is 14.2 Å². The first kappa shape index (κ1) is 22.0. The van der Waals surface area contributed by atoms with Gasteiger partial charge in [0.15, 0.2) is 17.6 Å². The summed E-state index contributed by atoms with van der Waals surface area (Å²) >= 11 is 0. The summed E-state index contributed by atoms with van der Waals surface area (Å²) in [6, 6.07) is 16.2. The minimum atomic E-state index is -0.978. The van der Waals surface area contributed by atoms with E-state index < -0.39 is 18.0 Å². The molecule has 0 spiro atoms. The molecule has 3 aromatic rings. The number of hydrogen-bond donors (Lipinski definition) is 1. The summed E-state index contributed by atoms with van der Waals surface area (Å²) in [5, 5.41) is 2.71. The Hall–Kier alpha value is -3.74. The lowest BCUT2D eigenvalue weighted by atomic mass is 10.2. The van der Waals surface area contributed by atoms with Crippen molar-refractivity contribution in [1.29, 1.82) is 0 Å². The zero-order valence-electron chi connectivity index (χ0n) is 18.3. The molecule has 0 saturated heterocycles. The third-order valence-corrected chi connectivity index (χ3v) is 4.94. The van der Waals surface area contributed by atoms with Crippen molar-refractivity contribution in [2.45, 2.75) is 26.9 Å². The van der Waals surface area contributed by atoms with Crippen molar-refractivity contribution in [2.75, 3.05) is 19.5 Å². The van der Waals surface area contributed by atoms with Crippen LogP contribution in [0.3, 0.4) is 0 Å². The van der Waals surface area contributed by atoms with Gasteiger partial charge in [0.05, 0.1) is 19.8 Å². The predicted octanol–water partition coefficient (Wildman–Crippen LogP) is 4.30. The average Bonchev–Trinajstić information content (AvgIpc) is 3.11. The standard InChI is InChI=1S/C24H26N2O5/c1-15-6-7-16(2)26(15)20-11-8-18(9-12-20)24(28)31-17(3)23(27)25-19-10-13-21(29-4)22(14-19)30-5/h6-14,17H,1-5H3,(H,25,27)/t17-/m1/s1. The monoisotopic (exact) mass is 422 g/mol. The molecule has 1 aromatic heterocycles. The minimum Gasteiger partial charge on any atom is -0.493 e. The number of carbonyl (C=O) groups is 2. The van der Waals surface area contributed by atoms with Gasteiger partial charge in [-0.15, -0.1) is 0 Å². The number of aryl methyl sites for hydroxylation is 2. The molecule has 1 atom stereocenters. The Morgan fingerprint density at radius 1 is 0.871 bits per heavy atom. The highest BCUT2D eigenvalue weighted by atomic mass is 16.5. The maximum absolute atomic E-state index is 12.5. The Balaban J connectivity index is 1.64. The third kappa shape index (κ3) is 4.88. The number of benzene rings is 2. The molecule has 2 aromatic carbocycles. The van der Waals surface area contributed by atoms with Crippen molar-refractivity contribution < 1.29 is 23.8 Å². The van der Waals surface area contributed by atoms with Crippen LogP contribution >= 0.6 is 0 Å². The van der Waals surface area contributed by atoms with E-state index >= 15 is 0 Å². The second kappa shape index (κ2) is 9.38. The lowest BCUT2D eigenvalue weighted by Gasteiger charge is -2.15. The van der Waals surface area contributed by atoms with Gasteiger partial charge < -0.3 is 24.1 Å². The van der Waals surface area contributed by atoms with E-state index in [-0.39, 0.29) is 0 Å². The van der Waals surface area contributed by atoms with Crippen LogP contribution in [0.5, 0.6) is 11.5 Å². The van der Waals surface area contributed by atoms with Crippen LogP contribution in [0.15, 0.2) is 54.6 Å². The summed E-state index contributed by atoms with van der Waals surface area (Å²) in [6.45, 7) is 5.57. The van der Waals surface area contributed by atoms with Gasteiger partial charge in [-0.25, -0.2) is 4.79 Å². The lowest BCUT2D eigenvalue weighted by molar-refractivity contribution is -0.123. The largest absolute Gasteiger partial charge is 0.493 e. The Bertz CT molecular complexity index is 1070. The van der Waals surface area contributed by atoms with Crippen LogP contribution in [0.25, 0.3) is 5.69 Å². The molecule has 7 heteroatoms. The van der Waals surface area contributed by atoms with E-state index in [2.05, 4.69) is 9.88 Å². The van der Waals surface area contributed by atoms with Crippen molar-refractivity contribution in [3.63, 3.8) is 0 Å². The number of nitrogens with zero attached hydrogens (tertiary/aromatic N) is 1. The van der Waals surface area contributed by atoms with Crippen LogP contribution in [0.1, 0.15) is 28.7 Å². The van der Waals surface area contributed by atoms with Crippen LogP contribution in [0, 0.1) is 13.8 Å². The van der Waals surface area contributed by atoms with Gasteiger partial charge in [0.25, 0.3) is 5.91 Å². The van der Waals surface area contributed by atoms with Crippen molar-refractivity contribution >= 4 is 17.6 Å². The maximum atomic E-state index is 12.5. The number of rotatable bonds is 7. The molecule has 3 rings (SSSR count). The van der Waals surface area contributed by atoms with Gasteiger partial charge >= 0.3 is 5.97 Å². The highest BCUT2D eigenvalue weighted by Crippen LogP contribution is 2.29. The number of nitrogens with one attached hydrogen (secondary N) is 1. The van der Waals surface area contributed by atoms with Gasteiger partial charge in [-0.3, -0.25) is 4.79 Å². The smallest absolute Gasteiger partial charge is 0.338 e. The molecule has 0 aliphatic heterocycles. The first-order valence-corrected chi connectivity index (χ1v) is 9.83. The van der Waals surface area contributed by atoms with Crippen LogP contribution in [0.2, 0.25) is 0 Å². The summed E-state index contributed by atoms with van der Waals surface area (Å²) < 4.78 is 17.8. The molecule has 0 fully saturated rings. The molecule has 0 unspecified atom stereocenters. The van der Waals surface area contributed by atoms with E-state index in [0.29, 0.717) is 22.7 Å². The Morgan fingerprint density at radius 2 is 1.48 bits per heavy atom. The molecule has 0 aliphatic carbocycles. The molecule has 1 N–H and O–H groups in total. The fourth-order valence-electron chi connectivity index (χ4n) is 3.26. The number of hydrogen-bond acceptors (Lipinski definition) is 5. The average molecular weight is 422 g/mol. The summed E-state index contributed by atoms with van der Waals surface area (Å²) in [5.74, 6) is 0.0187. The SMILES string of the molecule is COc1ccc(NC(=O)[C@@H](C)OC(=O)c2ccc(-n3c(C)ccc3C)cc2)cc1OC. The number of methoxy groups -OCH3 is 2. The zero-order valence-corrected chi connectivity index (χ0v) is 18.3. The molecule has 0 aliphatic rings. The molecule has 0 bridgehead atoms.